The fraction of sp³-hybridized carbons (Fsp3) is 0.474. The highest BCUT2D eigenvalue weighted by Gasteiger charge is 2.28. The summed E-state index contributed by atoms with van der Waals surface area (Å²) in [6, 6.07) is 7.89. The smallest absolute Gasteiger partial charge is 0.293 e. The maximum absolute atomic E-state index is 12.8. The van der Waals surface area contributed by atoms with Crippen LogP contribution >= 0.6 is 0 Å². The van der Waals surface area contributed by atoms with Crippen LogP contribution in [0.25, 0.3) is 0 Å². The average Bonchev–Trinajstić information content (AvgIpc) is 3.01. The molecular weight excluding hydrogens is 408 g/mol. The maximum Gasteiger partial charge on any atom is 0.293 e. The first-order chi connectivity index (χ1) is 14.4. The zero-order valence-corrected chi connectivity index (χ0v) is 18.0. The first kappa shape index (κ1) is 21.9. The van der Waals surface area contributed by atoms with Crippen molar-refractivity contribution < 1.29 is 13.3 Å². The van der Waals surface area contributed by atoms with Crippen LogP contribution in [-0.2, 0) is 10.0 Å². The van der Waals surface area contributed by atoms with Crippen LogP contribution in [0.5, 0.6) is 0 Å². The molecule has 0 amide bonds. The lowest BCUT2D eigenvalue weighted by molar-refractivity contribution is -0.384. The summed E-state index contributed by atoms with van der Waals surface area (Å²) < 4.78 is 26.9. The van der Waals surface area contributed by atoms with Crippen LogP contribution < -0.4 is 9.80 Å². The van der Waals surface area contributed by atoms with Gasteiger partial charge in [-0.1, -0.05) is 13.8 Å². The van der Waals surface area contributed by atoms with Gasteiger partial charge in [0.15, 0.2) is 5.82 Å². The highest BCUT2D eigenvalue weighted by atomic mass is 32.2. The van der Waals surface area contributed by atoms with Gasteiger partial charge >= 0.3 is 0 Å². The van der Waals surface area contributed by atoms with Crippen LogP contribution in [0.3, 0.4) is 0 Å². The van der Waals surface area contributed by atoms with Crippen molar-refractivity contribution >= 4 is 27.2 Å². The van der Waals surface area contributed by atoms with Crippen LogP contribution in [0.4, 0.5) is 17.2 Å². The Hall–Kier alpha value is -2.79. The second-order valence-corrected chi connectivity index (χ2v) is 8.84. The van der Waals surface area contributed by atoms with E-state index in [0.717, 1.165) is 18.8 Å². The highest BCUT2D eigenvalue weighted by Crippen LogP contribution is 2.32. The van der Waals surface area contributed by atoms with E-state index < -0.39 is 14.9 Å². The van der Waals surface area contributed by atoms with Gasteiger partial charge in [-0.2, -0.15) is 9.40 Å². The molecule has 0 spiro atoms. The van der Waals surface area contributed by atoms with E-state index in [1.807, 2.05) is 17.0 Å². The molecule has 11 heteroatoms. The first-order valence-electron chi connectivity index (χ1n) is 9.94. The van der Waals surface area contributed by atoms with Crippen molar-refractivity contribution in [2.75, 3.05) is 49.1 Å². The molecule has 0 aliphatic carbocycles. The number of rotatable bonds is 7. The first-order valence-corrected chi connectivity index (χ1v) is 11.4. The molecule has 0 unspecified atom stereocenters. The Morgan fingerprint density at radius 3 is 2.43 bits per heavy atom. The van der Waals surface area contributed by atoms with Crippen LogP contribution in [-0.4, -0.2) is 67.1 Å². The number of aromatic nitrogens is 2. The van der Waals surface area contributed by atoms with Crippen molar-refractivity contribution in [3.8, 4) is 0 Å². The molecule has 2 aromatic rings. The number of benzene rings is 1. The predicted octanol–water partition coefficient (Wildman–Crippen LogP) is 2.13. The van der Waals surface area contributed by atoms with Gasteiger partial charge in [0, 0.05) is 51.5 Å². The third-order valence-electron chi connectivity index (χ3n) is 5.21. The molecule has 10 nitrogen and oxygen atoms in total. The van der Waals surface area contributed by atoms with Crippen molar-refractivity contribution in [1.82, 2.24) is 14.5 Å². The van der Waals surface area contributed by atoms with E-state index in [1.54, 1.807) is 26.1 Å². The van der Waals surface area contributed by atoms with Gasteiger partial charge in [0.1, 0.15) is 5.69 Å². The molecule has 1 aliphatic heterocycles. The number of nitrogens with zero attached hydrogens (tertiary/aromatic N) is 6. The molecule has 1 aromatic heterocycles. The fourth-order valence-corrected chi connectivity index (χ4v) is 5.12. The van der Waals surface area contributed by atoms with E-state index in [4.69, 9.17) is 0 Å². The minimum atomic E-state index is -3.77. The molecule has 2 heterocycles. The van der Waals surface area contributed by atoms with Gasteiger partial charge in [-0.15, -0.1) is 5.10 Å². The van der Waals surface area contributed by atoms with Crippen molar-refractivity contribution in [1.29, 1.82) is 0 Å². The van der Waals surface area contributed by atoms with E-state index in [1.165, 1.54) is 16.4 Å². The Bertz CT molecular complexity index is 982. The Balaban J connectivity index is 1.88. The van der Waals surface area contributed by atoms with Crippen LogP contribution in [0.15, 0.2) is 41.4 Å². The number of nitro benzene ring substituents is 1. The van der Waals surface area contributed by atoms with Crippen molar-refractivity contribution in [2.24, 2.45) is 0 Å². The lowest BCUT2D eigenvalue weighted by Crippen LogP contribution is -2.32. The Morgan fingerprint density at radius 2 is 1.80 bits per heavy atom. The Morgan fingerprint density at radius 1 is 1.10 bits per heavy atom. The van der Waals surface area contributed by atoms with E-state index in [2.05, 4.69) is 15.1 Å². The summed E-state index contributed by atoms with van der Waals surface area (Å²) in [5.74, 6) is 0.773. The third-order valence-corrected chi connectivity index (χ3v) is 7.25. The fourth-order valence-electron chi connectivity index (χ4n) is 3.64. The molecule has 162 valence electrons. The Kier molecular flexibility index (Phi) is 6.83. The maximum atomic E-state index is 12.8. The standard InChI is InChI=1S/C19H26N6O4S/c1-3-24(4-2)30(28,29)16-8-9-17(18(15-16)25(26)27)22-11-6-12-23(14-13-22)19-7-5-10-20-21-19/h5,7-10,15H,3-4,6,11-14H2,1-2H3. The minimum Gasteiger partial charge on any atom is -0.364 e. The summed E-state index contributed by atoms with van der Waals surface area (Å²) in [6.45, 7) is 6.66. The molecule has 30 heavy (non-hydrogen) atoms. The lowest BCUT2D eigenvalue weighted by atomic mass is 10.2. The average molecular weight is 435 g/mol. The summed E-state index contributed by atoms with van der Waals surface area (Å²) in [5, 5.41) is 19.8. The number of hydrogen-bond acceptors (Lipinski definition) is 8. The number of sulfonamides is 1. The van der Waals surface area contributed by atoms with Gasteiger partial charge in [0.25, 0.3) is 5.69 Å². The van der Waals surface area contributed by atoms with E-state index in [0.29, 0.717) is 38.4 Å². The van der Waals surface area contributed by atoms with Gasteiger partial charge in [-0.25, -0.2) is 8.42 Å². The van der Waals surface area contributed by atoms with Crippen molar-refractivity contribution in [3.05, 3.63) is 46.6 Å². The van der Waals surface area contributed by atoms with Crippen LogP contribution in [0, 0.1) is 10.1 Å². The van der Waals surface area contributed by atoms with Crippen LogP contribution in [0.2, 0.25) is 0 Å². The molecule has 1 fully saturated rings. The molecule has 1 aliphatic rings. The van der Waals surface area contributed by atoms with Crippen molar-refractivity contribution in [2.45, 2.75) is 25.2 Å². The molecule has 0 N–H and O–H groups in total. The summed E-state index contributed by atoms with van der Waals surface area (Å²) in [6.07, 6.45) is 2.40. The van der Waals surface area contributed by atoms with Crippen molar-refractivity contribution in [3.63, 3.8) is 0 Å². The van der Waals surface area contributed by atoms with E-state index in [9.17, 15) is 18.5 Å². The number of anilines is 2. The van der Waals surface area contributed by atoms with E-state index in [-0.39, 0.29) is 10.6 Å². The van der Waals surface area contributed by atoms with E-state index >= 15 is 0 Å². The summed E-state index contributed by atoms with van der Waals surface area (Å²) in [7, 11) is -3.77. The zero-order chi connectivity index (χ0) is 21.7. The quantitative estimate of drug-likeness (QED) is 0.481. The van der Waals surface area contributed by atoms with Gasteiger partial charge in [-0.05, 0) is 30.7 Å². The second-order valence-electron chi connectivity index (χ2n) is 6.91. The summed E-state index contributed by atoms with van der Waals surface area (Å²) in [4.78, 5) is 15.2. The topological polar surface area (TPSA) is 113 Å². The largest absolute Gasteiger partial charge is 0.364 e. The zero-order valence-electron chi connectivity index (χ0n) is 17.1. The molecular formula is C19H26N6O4S. The highest BCUT2D eigenvalue weighted by molar-refractivity contribution is 7.89. The second kappa shape index (κ2) is 9.35. The van der Waals surface area contributed by atoms with Gasteiger partial charge in [-0.3, -0.25) is 10.1 Å². The molecule has 1 aromatic carbocycles. The SMILES string of the molecule is CCN(CC)S(=O)(=O)c1ccc(N2CCCN(c3cccnn3)CC2)c([N+](=O)[O-])c1. The monoisotopic (exact) mass is 434 g/mol. The minimum absolute atomic E-state index is 0.0577. The lowest BCUT2D eigenvalue weighted by Gasteiger charge is -2.24. The van der Waals surface area contributed by atoms with Crippen LogP contribution in [0.1, 0.15) is 20.3 Å². The van der Waals surface area contributed by atoms with Gasteiger partial charge in [0.2, 0.25) is 10.0 Å². The molecule has 1 saturated heterocycles. The molecule has 0 radical (unpaired) electrons. The van der Waals surface area contributed by atoms with Gasteiger partial charge in [0.05, 0.1) is 9.82 Å². The third kappa shape index (κ3) is 4.51. The molecule has 0 saturated carbocycles. The molecule has 0 atom stereocenters. The number of hydrogen-bond donors (Lipinski definition) is 0. The predicted molar refractivity (Wildman–Crippen MR) is 114 cm³/mol. The Labute approximate surface area is 176 Å². The molecule has 3 rings (SSSR count). The normalized spacial score (nSPS) is 15.3. The number of nitro groups is 1. The summed E-state index contributed by atoms with van der Waals surface area (Å²) in [5.41, 5.74) is 0.232. The molecule has 0 bridgehead atoms. The summed E-state index contributed by atoms with van der Waals surface area (Å²) >= 11 is 0. The van der Waals surface area contributed by atoms with Gasteiger partial charge < -0.3 is 9.80 Å².